The normalized spacial score (nSPS) is 27.9. The minimum Gasteiger partial charge on any atom is -0.395 e. The summed E-state index contributed by atoms with van der Waals surface area (Å²) in [5.41, 5.74) is 0. The zero-order chi connectivity index (χ0) is 11.5. The van der Waals surface area contributed by atoms with E-state index >= 15 is 0 Å². The van der Waals surface area contributed by atoms with Gasteiger partial charge < -0.3 is 15.5 Å². The Morgan fingerprint density at radius 3 is 2.75 bits per heavy atom. The number of rotatable bonds is 3. The quantitative estimate of drug-likeness (QED) is 0.497. The molecule has 2 fully saturated rings. The Labute approximate surface area is 94.8 Å². The Kier molecular flexibility index (Phi) is 3.75. The maximum absolute atomic E-state index is 11.7. The molecule has 2 saturated heterocycles. The van der Waals surface area contributed by atoms with Gasteiger partial charge >= 0.3 is 0 Å². The molecule has 16 heavy (non-hydrogen) atoms. The predicted molar refractivity (Wildman–Crippen MR) is 57.9 cm³/mol. The molecule has 0 bridgehead atoms. The molecular formula is C10H19N3O3. The van der Waals surface area contributed by atoms with Crippen molar-refractivity contribution in [1.29, 1.82) is 0 Å². The highest BCUT2D eigenvalue weighted by Gasteiger charge is 2.36. The van der Waals surface area contributed by atoms with Gasteiger partial charge in [-0.15, -0.1) is 0 Å². The molecular weight excluding hydrogens is 210 g/mol. The van der Waals surface area contributed by atoms with Gasteiger partial charge in [0.1, 0.15) is 6.04 Å². The number of aliphatic hydroxyl groups is 2. The average Bonchev–Trinajstić information content (AvgIpc) is 2.32. The number of amides is 1. The number of fused-ring (bicyclic) bond motifs is 1. The molecule has 2 aliphatic heterocycles. The van der Waals surface area contributed by atoms with Crippen LogP contribution in [0, 0.1) is 0 Å². The van der Waals surface area contributed by atoms with Crippen LogP contribution in [0.25, 0.3) is 0 Å². The van der Waals surface area contributed by atoms with Gasteiger partial charge in [0.2, 0.25) is 5.91 Å². The second-order valence-electron chi connectivity index (χ2n) is 4.36. The second kappa shape index (κ2) is 5.09. The van der Waals surface area contributed by atoms with Crippen molar-refractivity contribution in [3.8, 4) is 0 Å². The van der Waals surface area contributed by atoms with Gasteiger partial charge in [0.05, 0.1) is 19.3 Å². The number of hydrogen-bond acceptors (Lipinski definition) is 5. The van der Waals surface area contributed by atoms with Crippen molar-refractivity contribution >= 4 is 5.91 Å². The summed E-state index contributed by atoms with van der Waals surface area (Å²) in [6.45, 7) is 3.71. The van der Waals surface area contributed by atoms with Crippen molar-refractivity contribution in [1.82, 2.24) is 15.1 Å². The summed E-state index contributed by atoms with van der Waals surface area (Å²) in [5, 5.41) is 21.1. The molecule has 0 aliphatic carbocycles. The van der Waals surface area contributed by atoms with Gasteiger partial charge in [0, 0.05) is 32.7 Å². The van der Waals surface area contributed by atoms with Crippen LogP contribution in [0.4, 0.5) is 0 Å². The standard InChI is InChI=1S/C10H19N3O3/c14-6-8(7-15)13-4-3-12-2-1-11-10(16)9(12)5-13/h8-9,14-15H,1-7H2,(H,11,16). The lowest BCUT2D eigenvalue weighted by atomic mass is 10.1. The molecule has 1 atom stereocenters. The number of nitrogens with zero attached hydrogens (tertiary/aromatic N) is 2. The largest absolute Gasteiger partial charge is 0.395 e. The summed E-state index contributed by atoms with van der Waals surface area (Å²) >= 11 is 0. The fraction of sp³-hybridized carbons (Fsp3) is 0.900. The zero-order valence-electron chi connectivity index (χ0n) is 9.30. The van der Waals surface area contributed by atoms with Crippen molar-refractivity contribution in [2.24, 2.45) is 0 Å². The van der Waals surface area contributed by atoms with E-state index in [2.05, 4.69) is 10.2 Å². The van der Waals surface area contributed by atoms with Crippen LogP contribution in [-0.4, -0.2) is 83.9 Å². The van der Waals surface area contributed by atoms with E-state index in [1.807, 2.05) is 4.90 Å². The summed E-state index contributed by atoms with van der Waals surface area (Å²) in [6.07, 6.45) is 0. The number of aliphatic hydroxyl groups excluding tert-OH is 2. The molecule has 0 radical (unpaired) electrons. The van der Waals surface area contributed by atoms with E-state index in [0.29, 0.717) is 6.54 Å². The van der Waals surface area contributed by atoms with E-state index in [0.717, 1.165) is 26.2 Å². The lowest BCUT2D eigenvalue weighted by Gasteiger charge is -2.44. The minimum absolute atomic E-state index is 0.0607. The molecule has 6 nitrogen and oxygen atoms in total. The number of piperazine rings is 2. The van der Waals surface area contributed by atoms with Gasteiger partial charge in [-0.1, -0.05) is 0 Å². The van der Waals surface area contributed by atoms with Crippen LogP contribution in [0.15, 0.2) is 0 Å². The van der Waals surface area contributed by atoms with Crippen LogP contribution >= 0.6 is 0 Å². The van der Waals surface area contributed by atoms with Gasteiger partial charge in [0.15, 0.2) is 0 Å². The van der Waals surface area contributed by atoms with Crippen LogP contribution in [0.2, 0.25) is 0 Å². The zero-order valence-corrected chi connectivity index (χ0v) is 9.30. The highest BCUT2D eigenvalue weighted by Crippen LogP contribution is 2.14. The Hall–Kier alpha value is -0.690. The summed E-state index contributed by atoms with van der Waals surface area (Å²) in [7, 11) is 0. The first-order chi connectivity index (χ1) is 7.76. The minimum atomic E-state index is -0.239. The van der Waals surface area contributed by atoms with Crippen LogP contribution in [-0.2, 0) is 4.79 Å². The monoisotopic (exact) mass is 229 g/mol. The van der Waals surface area contributed by atoms with Crippen LogP contribution in [0.1, 0.15) is 0 Å². The molecule has 1 unspecified atom stereocenters. The van der Waals surface area contributed by atoms with Gasteiger partial charge in [0.25, 0.3) is 0 Å². The molecule has 0 spiro atoms. The Balaban J connectivity index is 1.99. The molecule has 92 valence electrons. The fourth-order valence-corrected chi connectivity index (χ4v) is 2.42. The molecule has 3 N–H and O–H groups in total. The Bertz CT molecular complexity index is 258. The molecule has 6 heteroatoms. The van der Waals surface area contributed by atoms with Gasteiger partial charge in [-0.2, -0.15) is 0 Å². The second-order valence-corrected chi connectivity index (χ2v) is 4.36. The summed E-state index contributed by atoms with van der Waals surface area (Å²) < 4.78 is 0. The maximum atomic E-state index is 11.7. The molecule has 0 aromatic heterocycles. The van der Waals surface area contributed by atoms with Crippen LogP contribution in [0.5, 0.6) is 0 Å². The molecule has 2 rings (SSSR count). The van der Waals surface area contributed by atoms with E-state index in [-0.39, 0.29) is 31.2 Å². The molecule has 2 aliphatic rings. The Morgan fingerprint density at radius 2 is 2.06 bits per heavy atom. The first-order valence-corrected chi connectivity index (χ1v) is 5.73. The Morgan fingerprint density at radius 1 is 1.31 bits per heavy atom. The van der Waals surface area contributed by atoms with E-state index in [1.165, 1.54) is 0 Å². The SMILES string of the molecule is O=C1NCCN2CCN(C(CO)CO)CC12. The molecule has 0 saturated carbocycles. The topological polar surface area (TPSA) is 76.0 Å². The third kappa shape index (κ3) is 2.20. The van der Waals surface area contributed by atoms with Crippen molar-refractivity contribution in [3.05, 3.63) is 0 Å². The van der Waals surface area contributed by atoms with Crippen molar-refractivity contribution in [2.45, 2.75) is 12.1 Å². The molecule has 1 amide bonds. The first-order valence-electron chi connectivity index (χ1n) is 5.73. The van der Waals surface area contributed by atoms with Crippen molar-refractivity contribution < 1.29 is 15.0 Å². The first kappa shape index (κ1) is 11.8. The smallest absolute Gasteiger partial charge is 0.238 e. The van der Waals surface area contributed by atoms with Gasteiger partial charge in [-0.05, 0) is 0 Å². The summed E-state index contributed by atoms with van der Waals surface area (Å²) in [5.74, 6) is 0.0607. The fourth-order valence-electron chi connectivity index (χ4n) is 2.42. The molecule has 0 aromatic carbocycles. The van der Waals surface area contributed by atoms with Crippen LogP contribution < -0.4 is 5.32 Å². The number of nitrogens with one attached hydrogen (secondary N) is 1. The van der Waals surface area contributed by atoms with E-state index in [4.69, 9.17) is 10.2 Å². The third-order valence-corrected chi connectivity index (χ3v) is 3.46. The van der Waals surface area contributed by atoms with Crippen LogP contribution in [0.3, 0.4) is 0 Å². The highest BCUT2D eigenvalue weighted by molar-refractivity contribution is 5.82. The lowest BCUT2D eigenvalue weighted by molar-refractivity contribution is -0.133. The van der Waals surface area contributed by atoms with E-state index in [9.17, 15) is 4.79 Å². The average molecular weight is 229 g/mol. The van der Waals surface area contributed by atoms with E-state index in [1.54, 1.807) is 0 Å². The molecule has 0 aromatic rings. The number of carbonyl (C=O) groups is 1. The van der Waals surface area contributed by atoms with Crippen molar-refractivity contribution in [3.63, 3.8) is 0 Å². The van der Waals surface area contributed by atoms with E-state index < -0.39 is 0 Å². The third-order valence-electron chi connectivity index (χ3n) is 3.46. The highest BCUT2D eigenvalue weighted by atomic mass is 16.3. The maximum Gasteiger partial charge on any atom is 0.238 e. The summed E-state index contributed by atoms with van der Waals surface area (Å²) in [6, 6.07) is -0.361. The van der Waals surface area contributed by atoms with Gasteiger partial charge in [-0.3, -0.25) is 14.6 Å². The molecule has 2 heterocycles. The predicted octanol–water partition coefficient (Wildman–Crippen LogP) is -2.54. The lowest BCUT2D eigenvalue weighted by Crippen LogP contribution is -2.65. The van der Waals surface area contributed by atoms with Gasteiger partial charge in [-0.25, -0.2) is 0 Å². The number of carbonyl (C=O) groups excluding carboxylic acids is 1. The number of hydrogen-bond donors (Lipinski definition) is 3. The summed E-state index contributed by atoms with van der Waals surface area (Å²) in [4.78, 5) is 15.8. The van der Waals surface area contributed by atoms with Crippen molar-refractivity contribution in [2.75, 3.05) is 45.9 Å².